The van der Waals surface area contributed by atoms with Crippen molar-refractivity contribution in [2.24, 2.45) is 0 Å². The van der Waals surface area contributed by atoms with E-state index in [1.165, 1.54) is 0 Å². The van der Waals surface area contributed by atoms with Gasteiger partial charge in [-0.2, -0.15) is 0 Å². The molecular formula is C18H26N2O3S. The van der Waals surface area contributed by atoms with Gasteiger partial charge in [-0.25, -0.2) is 0 Å². The molecule has 2 fully saturated rings. The monoisotopic (exact) mass is 350 g/mol. The quantitative estimate of drug-likeness (QED) is 0.763. The molecule has 0 saturated carbocycles. The summed E-state index contributed by atoms with van der Waals surface area (Å²) < 4.78 is 11.0. The van der Waals surface area contributed by atoms with E-state index >= 15 is 0 Å². The molecule has 0 spiro atoms. The lowest BCUT2D eigenvalue weighted by atomic mass is 10.2. The van der Waals surface area contributed by atoms with Gasteiger partial charge in [0.15, 0.2) is 0 Å². The second-order valence-corrected chi connectivity index (χ2v) is 7.21. The summed E-state index contributed by atoms with van der Waals surface area (Å²) in [4.78, 5) is 15.9. The van der Waals surface area contributed by atoms with Crippen LogP contribution in [0.5, 0.6) is 0 Å². The van der Waals surface area contributed by atoms with Gasteiger partial charge in [0.1, 0.15) is 0 Å². The van der Waals surface area contributed by atoms with Crippen molar-refractivity contribution in [2.75, 3.05) is 51.8 Å². The summed E-state index contributed by atoms with van der Waals surface area (Å²) in [6.07, 6.45) is 2.60. The van der Waals surface area contributed by atoms with Crippen molar-refractivity contribution in [3.63, 3.8) is 0 Å². The number of carbonyl (C=O) groups excluding carboxylic acids is 1. The van der Waals surface area contributed by atoms with Crippen molar-refractivity contribution in [3.05, 3.63) is 29.8 Å². The van der Waals surface area contributed by atoms with Crippen LogP contribution in [0.2, 0.25) is 0 Å². The molecule has 3 rings (SSSR count). The number of benzene rings is 1. The Morgan fingerprint density at radius 1 is 1.25 bits per heavy atom. The molecule has 5 nitrogen and oxygen atoms in total. The molecule has 2 saturated heterocycles. The highest BCUT2D eigenvalue weighted by Gasteiger charge is 2.18. The largest absolute Gasteiger partial charge is 0.379 e. The fraction of sp³-hybridized carbons (Fsp3) is 0.611. The van der Waals surface area contributed by atoms with E-state index in [9.17, 15) is 4.79 Å². The van der Waals surface area contributed by atoms with Crippen molar-refractivity contribution in [1.29, 1.82) is 0 Å². The van der Waals surface area contributed by atoms with Gasteiger partial charge < -0.3 is 14.8 Å². The summed E-state index contributed by atoms with van der Waals surface area (Å²) in [6, 6.07) is 7.84. The number of thioether (sulfide) groups is 1. The molecule has 1 unspecified atom stereocenters. The van der Waals surface area contributed by atoms with E-state index in [4.69, 9.17) is 9.47 Å². The molecule has 1 amide bonds. The molecule has 132 valence electrons. The molecule has 0 bridgehead atoms. The summed E-state index contributed by atoms with van der Waals surface area (Å²) in [6.45, 7) is 5.89. The second-order valence-electron chi connectivity index (χ2n) is 6.15. The van der Waals surface area contributed by atoms with Gasteiger partial charge in [0, 0.05) is 43.4 Å². The summed E-state index contributed by atoms with van der Waals surface area (Å²) in [5.41, 5.74) is 0.766. The first kappa shape index (κ1) is 17.7. The number of carbonyl (C=O) groups is 1. The van der Waals surface area contributed by atoms with Gasteiger partial charge in [0.25, 0.3) is 5.91 Å². The van der Waals surface area contributed by atoms with Crippen molar-refractivity contribution in [3.8, 4) is 0 Å². The molecule has 1 atom stereocenters. The van der Waals surface area contributed by atoms with Crippen LogP contribution in [0, 0.1) is 0 Å². The smallest absolute Gasteiger partial charge is 0.252 e. The molecule has 1 aromatic rings. The maximum absolute atomic E-state index is 12.5. The van der Waals surface area contributed by atoms with E-state index in [0.29, 0.717) is 12.6 Å². The van der Waals surface area contributed by atoms with E-state index in [1.807, 2.05) is 24.3 Å². The number of hydrogen-bond acceptors (Lipinski definition) is 5. The maximum atomic E-state index is 12.5. The minimum absolute atomic E-state index is 0.0127. The fourth-order valence-corrected chi connectivity index (χ4v) is 4.11. The average Bonchev–Trinajstić information content (AvgIpc) is 3.14. The predicted molar refractivity (Wildman–Crippen MR) is 95.7 cm³/mol. The van der Waals surface area contributed by atoms with Gasteiger partial charge in [0.05, 0.1) is 24.9 Å². The lowest BCUT2D eigenvalue weighted by Gasteiger charge is -2.26. The van der Waals surface area contributed by atoms with Gasteiger partial charge in [-0.3, -0.25) is 9.69 Å². The number of amides is 1. The maximum Gasteiger partial charge on any atom is 0.252 e. The molecule has 1 N–H and O–H groups in total. The Hall–Kier alpha value is -1.08. The molecule has 0 aromatic heterocycles. The van der Waals surface area contributed by atoms with Gasteiger partial charge in [-0.05, 0) is 25.0 Å². The first-order valence-electron chi connectivity index (χ1n) is 8.74. The van der Waals surface area contributed by atoms with Crippen molar-refractivity contribution in [2.45, 2.75) is 23.8 Å². The highest BCUT2D eigenvalue weighted by molar-refractivity contribution is 7.99. The number of nitrogens with zero attached hydrogens (tertiary/aromatic N) is 1. The first-order valence-corrected chi connectivity index (χ1v) is 9.73. The van der Waals surface area contributed by atoms with Gasteiger partial charge >= 0.3 is 0 Å². The third-order valence-electron chi connectivity index (χ3n) is 4.40. The number of morpholine rings is 1. The Bertz CT molecular complexity index is 529. The summed E-state index contributed by atoms with van der Waals surface area (Å²) >= 11 is 1.72. The van der Waals surface area contributed by atoms with Crippen molar-refractivity contribution >= 4 is 17.7 Å². The summed E-state index contributed by atoms with van der Waals surface area (Å²) in [7, 11) is 0. The highest BCUT2D eigenvalue weighted by atomic mass is 32.2. The minimum Gasteiger partial charge on any atom is -0.379 e. The highest BCUT2D eigenvalue weighted by Crippen LogP contribution is 2.26. The van der Waals surface area contributed by atoms with Crippen LogP contribution in [-0.2, 0) is 9.47 Å². The Morgan fingerprint density at radius 2 is 2.08 bits per heavy atom. The summed E-state index contributed by atoms with van der Waals surface area (Å²) in [5, 5.41) is 3.05. The topological polar surface area (TPSA) is 50.8 Å². The van der Waals surface area contributed by atoms with Crippen molar-refractivity contribution < 1.29 is 14.3 Å². The number of nitrogens with one attached hydrogen (secondary N) is 1. The zero-order chi connectivity index (χ0) is 16.6. The third kappa shape index (κ3) is 5.21. The fourth-order valence-electron chi connectivity index (χ4n) is 2.99. The van der Waals surface area contributed by atoms with Crippen LogP contribution in [0.3, 0.4) is 0 Å². The number of ether oxygens (including phenoxy) is 2. The third-order valence-corrected chi connectivity index (χ3v) is 5.60. The second kappa shape index (κ2) is 9.42. The molecule has 0 aliphatic carbocycles. The van der Waals surface area contributed by atoms with E-state index in [1.54, 1.807) is 11.8 Å². The van der Waals surface area contributed by atoms with Crippen LogP contribution in [0.15, 0.2) is 29.2 Å². The van der Waals surface area contributed by atoms with Gasteiger partial charge in [0.2, 0.25) is 0 Å². The van der Waals surface area contributed by atoms with E-state index in [0.717, 1.165) is 68.5 Å². The molecule has 24 heavy (non-hydrogen) atoms. The van der Waals surface area contributed by atoms with Crippen LogP contribution < -0.4 is 5.32 Å². The lowest BCUT2D eigenvalue weighted by molar-refractivity contribution is 0.0383. The van der Waals surface area contributed by atoms with Crippen molar-refractivity contribution in [1.82, 2.24) is 10.2 Å². The van der Waals surface area contributed by atoms with E-state index < -0.39 is 0 Å². The SMILES string of the molecule is O=C(NCCN1CCOCC1)c1ccccc1SCC1CCCO1. The lowest BCUT2D eigenvalue weighted by Crippen LogP contribution is -2.41. The Balaban J connectivity index is 1.48. The molecular weight excluding hydrogens is 324 g/mol. The van der Waals surface area contributed by atoms with Crippen LogP contribution in [0.4, 0.5) is 0 Å². The predicted octanol–water partition coefficient (Wildman–Crippen LogP) is 2.02. The standard InChI is InChI=1S/C18H26N2O3S/c21-18(19-7-8-20-9-12-22-13-10-20)16-5-1-2-6-17(16)24-14-15-4-3-11-23-15/h1-2,5-6,15H,3-4,7-14H2,(H,19,21). The van der Waals surface area contributed by atoms with E-state index in [2.05, 4.69) is 10.2 Å². The molecule has 1 aromatic carbocycles. The van der Waals surface area contributed by atoms with Crippen LogP contribution in [0.1, 0.15) is 23.2 Å². The number of rotatable bonds is 7. The Kier molecular flexibility index (Phi) is 6.96. The zero-order valence-corrected chi connectivity index (χ0v) is 14.9. The van der Waals surface area contributed by atoms with Gasteiger partial charge in [-0.1, -0.05) is 12.1 Å². The average molecular weight is 350 g/mol. The molecule has 2 heterocycles. The normalized spacial score (nSPS) is 21.8. The van der Waals surface area contributed by atoms with E-state index in [-0.39, 0.29) is 5.91 Å². The first-order chi connectivity index (χ1) is 11.8. The molecule has 2 aliphatic rings. The Morgan fingerprint density at radius 3 is 2.88 bits per heavy atom. The Labute approximate surface area is 148 Å². The molecule has 6 heteroatoms. The molecule has 0 radical (unpaired) electrons. The summed E-state index contributed by atoms with van der Waals surface area (Å²) in [5.74, 6) is 0.927. The van der Waals surface area contributed by atoms with Crippen LogP contribution >= 0.6 is 11.8 Å². The molecule has 2 aliphatic heterocycles. The number of hydrogen-bond donors (Lipinski definition) is 1. The van der Waals surface area contributed by atoms with Crippen LogP contribution in [-0.4, -0.2) is 68.7 Å². The van der Waals surface area contributed by atoms with Crippen LogP contribution in [0.25, 0.3) is 0 Å². The minimum atomic E-state index is 0.0127. The zero-order valence-electron chi connectivity index (χ0n) is 14.0. The van der Waals surface area contributed by atoms with Gasteiger partial charge in [-0.15, -0.1) is 11.8 Å².